The maximum Gasteiger partial charge on any atom is 0.262 e. The summed E-state index contributed by atoms with van der Waals surface area (Å²) in [6.45, 7) is 5.71. The van der Waals surface area contributed by atoms with Gasteiger partial charge in [-0.15, -0.1) is 0 Å². The van der Waals surface area contributed by atoms with Crippen LogP contribution < -0.4 is 5.32 Å². The standard InChI is InChI=1S/C21H22N2O3/c1-4-14-9-11-15(12-10-14)22-19(24)18(13(2)3)23-20(25)16-7-5-6-8-17(16)21(23)26/h5-13,18H,4H2,1-3H3,(H,22,24)/t18-/m1/s1. The normalized spacial score (nSPS) is 14.5. The van der Waals surface area contributed by atoms with Crippen molar-refractivity contribution in [3.63, 3.8) is 0 Å². The molecule has 3 amide bonds. The molecule has 1 atom stereocenters. The average Bonchev–Trinajstić information content (AvgIpc) is 2.88. The molecule has 5 nitrogen and oxygen atoms in total. The van der Waals surface area contributed by atoms with Gasteiger partial charge in [0.25, 0.3) is 11.8 Å². The molecule has 0 bridgehead atoms. The van der Waals surface area contributed by atoms with Crippen LogP contribution in [0.15, 0.2) is 48.5 Å². The Balaban J connectivity index is 1.86. The van der Waals surface area contributed by atoms with Gasteiger partial charge in [-0.25, -0.2) is 0 Å². The van der Waals surface area contributed by atoms with E-state index in [9.17, 15) is 14.4 Å². The number of nitrogens with one attached hydrogen (secondary N) is 1. The highest BCUT2D eigenvalue weighted by Gasteiger charge is 2.43. The SMILES string of the molecule is CCc1ccc(NC(=O)[C@@H](C(C)C)N2C(=O)c3ccccc3C2=O)cc1. The molecule has 134 valence electrons. The fourth-order valence-corrected chi connectivity index (χ4v) is 3.22. The van der Waals surface area contributed by atoms with Crippen LogP contribution >= 0.6 is 0 Å². The summed E-state index contributed by atoms with van der Waals surface area (Å²) in [5.41, 5.74) is 2.52. The van der Waals surface area contributed by atoms with Gasteiger partial charge >= 0.3 is 0 Å². The minimum atomic E-state index is -0.867. The molecule has 3 rings (SSSR count). The fourth-order valence-electron chi connectivity index (χ4n) is 3.22. The summed E-state index contributed by atoms with van der Waals surface area (Å²) < 4.78 is 0. The summed E-state index contributed by atoms with van der Waals surface area (Å²) in [5, 5.41) is 2.83. The Morgan fingerprint density at radius 2 is 1.50 bits per heavy atom. The van der Waals surface area contributed by atoms with Crippen LogP contribution in [0.3, 0.4) is 0 Å². The molecular weight excluding hydrogens is 328 g/mol. The highest BCUT2D eigenvalue weighted by molar-refractivity contribution is 6.23. The largest absolute Gasteiger partial charge is 0.324 e. The number of imide groups is 1. The van der Waals surface area contributed by atoms with Crippen LogP contribution in [-0.2, 0) is 11.2 Å². The number of anilines is 1. The quantitative estimate of drug-likeness (QED) is 0.839. The van der Waals surface area contributed by atoms with Crippen molar-refractivity contribution in [2.75, 3.05) is 5.32 Å². The molecule has 0 spiro atoms. The minimum absolute atomic E-state index is 0.216. The third kappa shape index (κ3) is 3.12. The molecule has 1 aliphatic rings. The van der Waals surface area contributed by atoms with E-state index in [0.717, 1.165) is 11.3 Å². The maximum absolute atomic E-state index is 12.9. The van der Waals surface area contributed by atoms with E-state index in [0.29, 0.717) is 16.8 Å². The van der Waals surface area contributed by atoms with Crippen molar-refractivity contribution in [2.45, 2.75) is 33.2 Å². The number of hydrogen-bond acceptors (Lipinski definition) is 3. The number of carbonyl (C=O) groups is 3. The van der Waals surface area contributed by atoms with Gasteiger partial charge in [0.1, 0.15) is 6.04 Å². The molecule has 26 heavy (non-hydrogen) atoms. The van der Waals surface area contributed by atoms with Crippen molar-refractivity contribution in [1.82, 2.24) is 4.90 Å². The van der Waals surface area contributed by atoms with E-state index in [4.69, 9.17) is 0 Å². The second-order valence-electron chi connectivity index (χ2n) is 6.75. The number of rotatable bonds is 5. The third-order valence-electron chi connectivity index (χ3n) is 4.63. The molecule has 1 N–H and O–H groups in total. The lowest BCUT2D eigenvalue weighted by Crippen LogP contribution is -2.50. The van der Waals surface area contributed by atoms with Gasteiger partial charge < -0.3 is 5.32 Å². The zero-order valence-electron chi connectivity index (χ0n) is 15.2. The highest BCUT2D eigenvalue weighted by atomic mass is 16.2. The Kier molecular flexibility index (Phi) is 4.89. The van der Waals surface area contributed by atoms with Crippen LogP contribution in [0.25, 0.3) is 0 Å². The maximum atomic E-state index is 12.9. The minimum Gasteiger partial charge on any atom is -0.324 e. The molecule has 1 heterocycles. The van der Waals surface area contributed by atoms with E-state index in [1.165, 1.54) is 5.56 Å². The molecule has 0 unspecified atom stereocenters. The molecule has 0 saturated heterocycles. The molecular formula is C21H22N2O3. The summed E-state index contributed by atoms with van der Waals surface area (Å²) >= 11 is 0. The molecule has 0 radical (unpaired) electrons. The fraction of sp³-hybridized carbons (Fsp3) is 0.286. The predicted octanol–water partition coefficient (Wildman–Crippen LogP) is 3.51. The summed E-state index contributed by atoms with van der Waals surface area (Å²) in [5.74, 6) is -1.41. The molecule has 5 heteroatoms. The molecule has 0 fully saturated rings. The van der Waals surface area contributed by atoms with Crippen LogP contribution in [0, 0.1) is 5.92 Å². The Hall–Kier alpha value is -2.95. The van der Waals surface area contributed by atoms with Gasteiger partial charge in [0.05, 0.1) is 11.1 Å². The lowest BCUT2D eigenvalue weighted by atomic mass is 10.0. The van der Waals surface area contributed by atoms with Gasteiger partial charge in [-0.2, -0.15) is 0 Å². The first-order valence-corrected chi connectivity index (χ1v) is 8.80. The predicted molar refractivity (Wildman–Crippen MR) is 100 cm³/mol. The summed E-state index contributed by atoms with van der Waals surface area (Å²) in [6.07, 6.45) is 0.915. The van der Waals surface area contributed by atoms with Gasteiger partial charge in [-0.05, 0) is 42.2 Å². The molecule has 1 aliphatic heterocycles. The Bertz CT molecular complexity index is 821. The first-order chi connectivity index (χ1) is 12.4. The number of hydrogen-bond donors (Lipinski definition) is 1. The second kappa shape index (κ2) is 7.12. The van der Waals surface area contributed by atoms with Gasteiger partial charge in [-0.1, -0.05) is 45.0 Å². The van der Waals surface area contributed by atoms with Gasteiger partial charge in [0.15, 0.2) is 0 Å². The van der Waals surface area contributed by atoms with Gasteiger partial charge in [-0.3, -0.25) is 19.3 Å². The number of amides is 3. The summed E-state index contributed by atoms with van der Waals surface area (Å²) in [7, 11) is 0. The number of aryl methyl sites for hydroxylation is 1. The first kappa shape index (κ1) is 17.9. The van der Waals surface area contributed by atoms with E-state index in [1.807, 2.05) is 38.1 Å². The molecule has 0 saturated carbocycles. The van der Waals surface area contributed by atoms with Crippen molar-refractivity contribution in [3.8, 4) is 0 Å². The Labute approximate surface area is 153 Å². The number of benzene rings is 2. The highest BCUT2D eigenvalue weighted by Crippen LogP contribution is 2.27. The van der Waals surface area contributed by atoms with Crippen LogP contribution in [-0.4, -0.2) is 28.7 Å². The number of nitrogens with zero attached hydrogens (tertiary/aromatic N) is 1. The van der Waals surface area contributed by atoms with Crippen LogP contribution in [0.5, 0.6) is 0 Å². The monoisotopic (exact) mass is 350 g/mol. The number of carbonyl (C=O) groups excluding carboxylic acids is 3. The van der Waals surface area contributed by atoms with E-state index in [-0.39, 0.29) is 11.8 Å². The first-order valence-electron chi connectivity index (χ1n) is 8.80. The van der Waals surface area contributed by atoms with Crippen molar-refractivity contribution in [1.29, 1.82) is 0 Å². The average molecular weight is 350 g/mol. The summed E-state index contributed by atoms with van der Waals surface area (Å²) in [4.78, 5) is 39.4. The molecule has 2 aromatic carbocycles. The van der Waals surface area contributed by atoms with Crippen molar-refractivity contribution in [3.05, 3.63) is 65.2 Å². The van der Waals surface area contributed by atoms with Gasteiger partial charge in [0, 0.05) is 5.69 Å². The third-order valence-corrected chi connectivity index (χ3v) is 4.63. The Morgan fingerprint density at radius 3 is 1.96 bits per heavy atom. The van der Waals surface area contributed by atoms with Crippen molar-refractivity contribution >= 4 is 23.4 Å². The van der Waals surface area contributed by atoms with E-state index in [2.05, 4.69) is 12.2 Å². The smallest absolute Gasteiger partial charge is 0.262 e. The topological polar surface area (TPSA) is 66.5 Å². The Morgan fingerprint density at radius 1 is 0.962 bits per heavy atom. The lowest BCUT2D eigenvalue weighted by Gasteiger charge is -2.28. The van der Waals surface area contributed by atoms with Crippen LogP contribution in [0.4, 0.5) is 5.69 Å². The summed E-state index contributed by atoms with van der Waals surface area (Å²) in [6, 6.07) is 13.4. The zero-order valence-corrected chi connectivity index (χ0v) is 15.2. The van der Waals surface area contributed by atoms with Crippen molar-refractivity contribution < 1.29 is 14.4 Å². The van der Waals surface area contributed by atoms with Gasteiger partial charge in [0.2, 0.25) is 5.91 Å². The number of fused-ring (bicyclic) bond motifs is 1. The van der Waals surface area contributed by atoms with E-state index < -0.39 is 17.9 Å². The van der Waals surface area contributed by atoms with E-state index in [1.54, 1.807) is 24.3 Å². The van der Waals surface area contributed by atoms with Crippen molar-refractivity contribution in [2.24, 2.45) is 5.92 Å². The van der Waals surface area contributed by atoms with Crippen LogP contribution in [0.1, 0.15) is 47.1 Å². The molecule has 2 aromatic rings. The zero-order chi connectivity index (χ0) is 18.8. The lowest BCUT2D eigenvalue weighted by molar-refractivity contribution is -0.121. The van der Waals surface area contributed by atoms with Crippen LogP contribution in [0.2, 0.25) is 0 Å². The second-order valence-corrected chi connectivity index (χ2v) is 6.75. The molecule has 0 aromatic heterocycles. The van der Waals surface area contributed by atoms with E-state index >= 15 is 0 Å². The molecule has 0 aliphatic carbocycles.